The van der Waals surface area contributed by atoms with E-state index in [1.807, 2.05) is 0 Å². The number of nitrogens with zero attached hydrogens (tertiary/aromatic N) is 2. The second-order valence-electron chi connectivity index (χ2n) is 5.27. The van der Waals surface area contributed by atoms with Crippen LogP contribution in [0.1, 0.15) is 37.7 Å². The third-order valence-electron chi connectivity index (χ3n) is 3.02. The van der Waals surface area contributed by atoms with Gasteiger partial charge in [0.25, 0.3) is 0 Å². The van der Waals surface area contributed by atoms with Crippen molar-refractivity contribution in [2.24, 2.45) is 17.6 Å². The second-order valence-corrected chi connectivity index (χ2v) is 5.27. The quantitative estimate of drug-likeness (QED) is 0.832. The molecule has 1 rings (SSSR count). The molecule has 0 radical (unpaired) electrons. The van der Waals surface area contributed by atoms with E-state index in [1.54, 1.807) is 0 Å². The summed E-state index contributed by atoms with van der Waals surface area (Å²) in [7, 11) is 0. The van der Waals surface area contributed by atoms with E-state index in [9.17, 15) is 0 Å². The van der Waals surface area contributed by atoms with Crippen molar-refractivity contribution in [3.8, 4) is 0 Å². The summed E-state index contributed by atoms with van der Waals surface area (Å²) in [6, 6.07) is 0. The lowest BCUT2D eigenvalue weighted by atomic mass is 10.00. The summed E-state index contributed by atoms with van der Waals surface area (Å²) in [5, 5.41) is 4.61. The van der Waals surface area contributed by atoms with Crippen molar-refractivity contribution >= 4 is 0 Å². The van der Waals surface area contributed by atoms with Crippen molar-refractivity contribution < 1.29 is 0 Å². The van der Waals surface area contributed by atoms with Gasteiger partial charge in [-0.25, -0.2) is 0 Å². The molecule has 1 unspecified atom stereocenters. The van der Waals surface area contributed by atoms with Crippen molar-refractivity contribution in [2.45, 2.75) is 47.6 Å². The lowest BCUT2D eigenvalue weighted by molar-refractivity contribution is 0.472. The fourth-order valence-electron chi connectivity index (χ4n) is 1.98. The predicted octanol–water partition coefficient (Wildman–Crippen LogP) is 2.29. The number of nitrogens with two attached hydrogens (primary N) is 1. The zero-order chi connectivity index (χ0) is 12.3. The highest BCUT2D eigenvalue weighted by molar-refractivity contribution is 5.25. The molecule has 1 aromatic rings. The minimum atomic E-state index is 0.536. The van der Waals surface area contributed by atoms with Crippen molar-refractivity contribution in [3.63, 3.8) is 0 Å². The van der Waals surface area contributed by atoms with Gasteiger partial charge >= 0.3 is 0 Å². The highest BCUT2D eigenvalue weighted by atomic mass is 15.3. The molecular formula is C13H25N3. The van der Waals surface area contributed by atoms with Gasteiger partial charge in [0.05, 0.1) is 5.69 Å². The fraction of sp³-hybridized carbons (Fsp3) is 0.769. The van der Waals surface area contributed by atoms with Gasteiger partial charge in [-0.1, -0.05) is 20.8 Å². The topological polar surface area (TPSA) is 43.8 Å². The Hall–Kier alpha value is -0.830. The third kappa shape index (κ3) is 3.08. The monoisotopic (exact) mass is 223 g/mol. The Morgan fingerprint density at radius 3 is 2.38 bits per heavy atom. The molecule has 0 bridgehead atoms. The molecule has 2 N–H and O–H groups in total. The molecule has 0 saturated heterocycles. The van der Waals surface area contributed by atoms with E-state index in [0.717, 1.165) is 19.5 Å². The summed E-state index contributed by atoms with van der Waals surface area (Å²) in [6.45, 7) is 12.7. The first-order valence-electron chi connectivity index (χ1n) is 6.18. The molecule has 1 heterocycles. The van der Waals surface area contributed by atoms with E-state index in [2.05, 4.69) is 44.4 Å². The SMILES string of the molecule is Cc1nn(CC(C)C)c(C)c1CC(C)CN. The Morgan fingerprint density at radius 1 is 1.25 bits per heavy atom. The normalized spacial score (nSPS) is 13.4. The first kappa shape index (κ1) is 13.2. The smallest absolute Gasteiger partial charge is 0.0628 e. The van der Waals surface area contributed by atoms with Crippen LogP contribution in [0.5, 0.6) is 0 Å². The van der Waals surface area contributed by atoms with Gasteiger partial charge in [0.2, 0.25) is 0 Å². The van der Waals surface area contributed by atoms with Crippen molar-refractivity contribution in [2.75, 3.05) is 6.54 Å². The molecule has 0 aromatic carbocycles. The zero-order valence-electron chi connectivity index (χ0n) is 11.2. The van der Waals surface area contributed by atoms with Crippen LogP contribution in [-0.2, 0) is 13.0 Å². The highest BCUT2D eigenvalue weighted by Crippen LogP contribution is 2.18. The maximum Gasteiger partial charge on any atom is 0.0628 e. The minimum Gasteiger partial charge on any atom is -0.330 e. The van der Waals surface area contributed by atoms with E-state index in [4.69, 9.17) is 5.73 Å². The lowest BCUT2D eigenvalue weighted by Gasteiger charge is -2.10. The summed E-state index contributed by atoms with van der Waals surface area (Å²) in [4.78, 5) is 0. The Labute approximate surface area is 99.0 Å². The molecule has 0 aliphatic heterocycles. The molecule has 3 nitrogen and oxygen atoms in total. The molecule has 16 heavy (non-hydrogen) atoms. The van der Waals surface area contributed by atoms with E-state index in [-0.39, 0.29) is 0 Å². The highest BCUT2D eigenvalue weighted by Gasteiger charge is 2.14. The van der Waals surface area contributed by atoms with Gasteiger partial charge in [0.1, 0.15) is 0 Å². The van der Waals surface area contributed by atoms with Crippen LogP contribution in [0.3, 0.4) is 0 Å². The number of rotatable bonds is 5. The zero-order valence-corrected chi connectivity index (χ0v) is 11.2. The van der Waals surface area contributed by atoms with E-state index >= 15 is 0 Å². The number of hydrogen-bond donors (Lipinski definition) is 1. The molecule has 0 saturated carbocycles. The summed E-state index contributed by atoms with van der Waals surface area (Å²) in [6.07, 6.45) is 1.05. The van der Waals surface area contributed by atoms with Gasteiger partial charge in [-0.3, -0.25) is 4.68 Å². The summed E-state index contributed by atoms with van der Waals surface area (Å²) in [5.74, 6) is 1.17. The molecule has 0 spiro atoms. The number of aromatic nitrogens is 2. The fourth-order valence-corrected chi connectivity index (χ4v) is 1.98. The number of aryl methyl sites for hydroxylation is 1. The molecule has 0 fully saturated rings. The van der Waals surface area contributed by atoms with Crippen molar-refractivity contribution in [3.05, 3.63) is 17.0 Å². The Kier molecular flexibility index (Phi) is 4.54. The molecule has 0 aliphatic carbocycles. The Balaban J connectivity index is 2.88. The third-order valence-corrected chi connectivity index (χ3v) is 3.02. The van der Waals surface area contributed by atoms with Crippen LogP contribution in [-0.4, -0.2) is 16.3 Å². The second kappa shape index (κ2) is 5.48. The molecule has 1 aromatic heterocycles. The molecule has 3 heteroatoms. The van der Waals surface area contributed by atoms with Gasteiger partial charge in [0, 0.05) is 12.2 Å². The average Bonchev–Trinajstić information content (AvgIpc) is 2.45. The Bertz CT molecular complexity index is 339. The van der Waals surface area contributed by atoms with E-state index in [1.165, 1.54) is 17.0 Å². The van der Waals surface area contributed by atoms with Gasteiger partial charge in [-0.05, 0) is 44.2 Å². The first-order chi connectivity index (χ1) is 7.45. The molecule has 0 amide bonds. The van der Waals surface area contributed by atoms with Gasteiger partial charge < -0.3 is 5.73 Å². The molecular weight excluding hydrogens is 198 g/mol. The van der Waals surface area contributed by atoms with Gasteiger partial charge in [-0.2, -0.15) is 5.10 Å². The first-order valence-corrected chi connectivity index (χ1v) is 6.18. The van der Waals surface area contributed by atoms with Crippen LogP contribution in [0.4, 0.5) is 0 Å². The van der Waals surface area contributed by atoms with Crippen LogP contribution in [0, 0.1) is 25.7 Å². The molecule has 92 valence electrons. The van der Waals surface area contributed by atoms with Crippen LogP contribution in [0.15, 0.2) is 0 Å². The standard InChI is InChI=1S/C13H25N3/c1-9(2)8-16-12(5)13(11(4)15-16)6-10(3)7-14/h9-10H,6-8,14H2,1-5H3. The van der Waals surface area contributed by atoms with E-state index < -0.39 is 0 Å². The van der Waals surface area contributed by atoms with Crippen molar-refractivity contribution in [1.82, 2.24) is 9.78 Å². The molecule has 0 aliphatic rings. The molecule has 1 atom stereocenters. The van der Waals surface area contributed by atoms with Crippen LogP contribution >= 0.6 is 0 Å². The van der Waals surface area contributed by atoms with E-state index in [0.29, 0.717) is 11.8 Å². The van der Waals surface area contributed by atoms with Gasteiger partial charge in [-0.15, -0.1) is 0 Å². The van der Waals surface area contributed by atoms with Gasteiger partial charge in [0.15, 0.2) is 0 Å². The Morgan fingerprint density at radius 2 is 1.88 bits per heavy atom. The van der Waals surface area contributed by atoms with Crippen LogP contribution in [0.2, 0.25) is 0 Å². The summed E-state index contributed by atoms with van der Waals surface area (Å²) in [5.41, 5.74) is 9.54. The maximum atomic E-state index is 5.68. The minimum absolute atomic E-state index is 0.536. The summed E-state index contributed by atoms with van der Waals surface area (Å²) >= 11 is 0. The largest absolute Gasteiger partial charge is 0.330 e. The summed E-state index contributed by atoms with van der Waals surface area (Å²) < 4.78 is 2.14. The number of hydrogen-bond acceptors (Lipinski definition) is 2. The predicted molar refractivity (Wildman–Crippen MR) is 68.5 cm³/mol. The van der Waals surface area contributed by atoms with Crippen LogP contribution in [0.25, 0.3) is 0 Å². The average molecular weight is 223 g/mol. The maximum absolute atomic E-state index is 5.68. The van der Waals surface area contributed by atoms with Crippen molar-refractivity contribution in [1.29, 1.82) is 0 Å². The van der Waals surface area contributed by atoms with Crippen LogP contribution < -0.4 is 5.73 Å². The lowest BCUT2D eigenvalue weighted by Crippen LogP contribution is -2.14.